The van der Waals surface area contributed by atoms with Crippen molar-refractivity contribution in [2.45, 2.75) is 23.5 Å². The SMILES string of the molecule is CCc1ccc2c(c1)SC(C(=O)O)CN2. The third-order valence-electron chi connectivity index (χ3n) is 2.48. The number of aryl methyl sites for hydroxylation is 1. The van der Waals surface area contributed by atoms with Crippen LogP contribution in [0.25, 0.3) is 0 Å². The highest BCUT2D eigenvalue weighted by Crippen LogP contribution is 2.35. The van der Waals surface area contributed by atoms with E-state index in [1.165, 1.54) is 17.3 Å². The first-order valence-corrected chi connectivity index (χ1v) is 5.85. The third kappa shape index (κ3) is 2.09. The van der Waals surface area contributed by atoms with E-state index in [0.717, 1.165) is 17.0 Å². The van der Waals surface area contributed by atoms with Crippen LogP contribution in [0.2, 0.25) is 0 Å². The van der Waals surface area contributed by atoms with Crippen LogP contribution >= 0.6 is 11.8 Å². The zero-order valence-corrected chi connectivity index (χ0v) is 9.30. The summed E-state index contributed by atoms with van der Waals surface area (Å²) in [6.45, 7) is 2.59. The van der Waals surface area contributed by atoms with Crippen molar-refractivity contribution in [3.63, 3.8) is 0 Å². The topological polar surface area (TPSA) is 49.3 Å². The van der Waals surface area contributed by atoms with Gasteiger partial charge in [0.05, 0.1) is 0 Å². The summed E-state index contributed by atoms with van der Waals surface area (Å²) >= 11 is 1.43. The number of hydrogen-bond donors (Lipinski definition) is 2. The van der Waals surface area contributed by atoms with E-state index in [9.17, 15) is 4.79 Å². The summed E-state index contributed by atoms with van der Waals surface area (Å²) < 4.78 is 0. The smallest absolute Gasteiger partial charge is 0.318 e. The van der Waals surface area contributed by atoms with Crippen LogP contribution in [0, 0.1) is 0 Å². The Kier molecular flexibility index (Phi) is 2.86. The molecule has 3 nitrogen and oxygen atoms in total. The summed E-state index contributed by atoms with van der Waals surface area (Å²) in [5.74, 6) is -0.750. The Balaban J connectivity index is 2.27. The second-order valence-corrected chi connectivity index (χ2v) is 4.75. The molecule has 1 aliphatic heterocycles. The number of carbonyl (C=O) groups is 1. The highest BCUT2D eigenvalue weighted by Gasteiger charge is 2.24. The average Bonchev–Trinajstić information content (AvgIpc) is 2.27. The lowest BCUT2D eigenvalue weighted by Crippen LogP contribution is -2.28. The zero-order valence-electron chi connectivity index (χ0n) is 8.49. The minimum atomic E-state index is -0.750. The lowest BCUT2D eigenvalue weighted by molar-refractivity contribution is -0.136. The number of nitrogens with one attached hydrogen (secondary N) is 1. The highest BCUT2D eigenvalue weighted by molar-refractivity contribution is 8.00. The molecule has 0 aliphatic carbocycles. The van der Waals surface area contributed by atoms with Gasteiger partial charge in [-0.25, -0.2) is 0 Å². The minimum Gasteiger partial charge on any atom is -0.480 e. The van der Waals surface area contributed by atoms with Gasteiger partial charge in [-0.05, 0) is 24.1 Å². The van der Waals surface area contributed by atoms with E-state index < -0.39 is 5.97 Å². The molecule has 1 aliphatic rings. The second-order valence-electron chi connectivity index (χ2n) is 3.51. The summed E-state index contributed by atoms with van der Waals surface area (Å²) in [6.07, 6.45) is 0.978. The van der Waals surface area contributed by atoms with E-state index in [2.05, 4.69) is 24.4 Å². The third-order valence-corrected chi connectivity index (χ3v) is 3.72. The molecule has 0 saturated carbocycles. The number of hydrogen-bond acceptors (Lipinski definition) is 3. The summed E-state index contributed by atoms with van der Waals surface area (Å²) in [5.41, 5.74) is 2.30. The largest absolute Gasteiger partial charge is 0.480 e. The van der Waals surface area contributed by atoms with Crippen LogP contribution in [-0.4, -0.2) is 22.9 Å². The average molecular weight is 223 g/mol. The fourth-order valence-electron chi connectivity index (χ4n) is 1.57. The summed E-state index contributed by atoms with van der Waals surface area (Å²) in [7, 11) is 0. The molecule has 0 amide bonds. The highest BCUT2D eigenvalue weighted by atomic mass is 32.2. The van der Waals surface area contributed by atoms with Gasteiger partial charge in [-0.1, -0.05) is 13.0 Å². The van der Waals surface area contributed by atoms with E-state index in [0.29, 0.717) is 6.54 Å². The fraction of sp³-hybridized carbons (Fsp3) is 0.364. The van der Waals surface area contributed by atoms with Gasteiger partial charge in [-0.15, -0.1) is 11.8 Å². The van der Waals surface area contributed by atoms with Crippen LogP contribution in [0.1, 0.15) is 12.5 Å². The quantitative estimate of drug-likeness (QED) is 0.807. The van der Waals surface area contributed by atoms with Gasteiger partial charge >= 0.3 is 5.97 Å². The van der Waals surface area contributed by atoms with Crippen molar-refractivity contribution in [1.82, 2.24) is 0 Å². The number of anilines is 1. The number of fused-ring (bicyclic) bond motifs is 1. The Bertz CT molecular complexity index is 392. The van der Waals surface area contributed by atoms with Crippen molar-refractivity contribution in [3.05, 3.63) is 23.8 Å². The molecule has 1 unspecified atom stereocenters. The molecule has 1 heterocycles. The maximum atomic E-state index is 10.9. The number of benzene rings is 1. The van der Waals surface area contributed by atoms with Crippen molar-refractivity contribution in [3.8, 4) is 0 Å². The molecule has 2 N–H and O–H groups in total. The van der Waals surface area contributed by atoms with Gasteiger partial charge in [0.25, 0.3) is 0 Å². The monoisotopic (exact) mass is 223 g/mol. The van der Waals surface area contributed by atoms with Crippen LogP contribution < -0.4 is 5.32 Å². The molecule has 0 fully saturated rings. The summed E-state index contributed by atoms with van der Waals surface area (Å²) in [4.78, 5) is 11.9. The number of carboxylic acid groups (broad SMARTS) is 1. The van der Waals surface area contributed by atoms with Crippen molar-refractivity contribution in [1.29, 1.82) is 0 Å². The molecule has 4 heteroatoms. The number of carboxylic acids is 1. The lowest BCUT2D eigenvalue weighted by Gasteiger charge is -2.23. The molecule has 0 spiro atoms. The van der Waals surface area contributed by atoms with Crippen LogP contribution in [0.3, 0.4) is 0 Å². The van der Waals surface area contributed by atoms with Crippen molar-refractivity contribution in [2.75, 3.05) is 11.9 Å². The standard InChI is InChI=1S/C11H13NO2S/c1-2-7-3-4-8-9(5-7)15-10(6-12-8)11(13)14/h3-5,10,12H,2,6H2,1H3,(H,13,14). The zero-order chi connectivity index (χ0) is 10.8. The normalized spacial score (nSPS) is 19.1. The van der Waals surface area contributed by atoms with Gasteiger partial charge in [0.1, 0.15) is 5.25 Å². The van der Waals surface area contributed by atoms with Gasteiger partial charge in [0.2, 0.25) is 0 Å². The van der Waals surface area contributed by atoms with Gasteiger partial charge in [0, 0.05) is 17.1 Å². The predicted octanol–water partition coefficient (Wildman–Crippen LogP) is 2.22. The van der Waals surface area contributed by atoms with Crippen LogP contribution in [0.4, 0.5) is 5.69 Å². The van der Waals surface area contributed by atoms with Gasteiger partial charge in [0.15, 0.2) is 0 Å². The first kappa shape index (κ1) is 10.4. The molecule has 15 heavy (non-hydrogen) atoms. The Hall–Kier alpha value is -1.16. The van der Waals surface area contributed by atoms with E-state index in [-0.39, 0.29) is 5.25 Å². The molecule has 1 aromatic rings. The van der Waals surface area contributed by atoms with Gasteiger partial charge < -0.3 is 10.4 Å². The van der Waals surface area contributed by atoms with E-state index >= 15 is 0 Å². The van der Waals surface area contributed by atoms with Crippen LogP contribution in [0.15, 0.2) is 23.1 Å². The summed E-state index contributed by atoms with van der Waals surface area (Å²) in [6, 6.07) is 6.18. The fourth-order valence-corrected chi connectivity index (χ4v) is 2.63. The first-order valence-electron chi connectivity index (χ1n) is 4.97. The van der Waals surface area contributed by atoms with Gasteiger partial charge in [-0.3, -0.25) is 4.79 Å². The van der Waals surface area contributed by atoms with Crippen molar-refractivity contribution >= 4 is 23.4 Å². The molecular formula is C11H13NO2S. The molecular weight excluding hydrogens is 210 g/mol. The number of thioether (sulfide) groups is 1. The molecule has 1 atom stereocenters. The van der Waals surface area contributed by atoms with E-state index in [4.69, 9.17) is 5.11 Å². The molecule has 0 saturated heterocycles. The van der Waals surface area contributed by atoms with E-state index in [1.807, 2.05) is 6.07 Å². The van der Waals surface area contributed by atoms with Crippen molar-refractivity contribution < 1.29 is 9.90 Å². The minimum absolute atomic E-state index is 0.371. The van der Waals surface area contributed by atoms with Crippen molar-refractivity contribution in [2.24, 2.45) is 0 Å². The maximum absolute atomic E-state index is 10.9. The number of aliphatic carboxylic acids is 1. The predicted molar refractivity (Wildman–Crippen MR) is 61.6 cm³/mol. The van der Waals surface area contributed by atoms with Gasteiger partial charge in [-0.2, -0.15) is 0 Å². The Morgan fingerprint density at radius 3 is 3.13 bits per heavy atom. The van der Waals surface area contributed by atoms with E-state index in [1.54, 1.807) is 0 Å². The molecule has 80 valence electrons. The molecule has 0 radical (unpaired) electrons. The number of rotatable bonds is 2. The maximum Gasteiger partial charge on any atom is 0.318 e. The summed E-state index contributed by atoms with van der Waals surface area (Å²) in [5, 5.41) is 11.7. The second kappa shape index (κ2) is 4.14. The Labute approximate surface area is 92.9 Å². The Morgan fingerprint density at radius 1 is 1.67 bits per heavy atom. The molecule has 2 rings (SSSR count). The molecule has 1 aromatic carbocycles. The lowest BCUT2D eigenvalue weighted by atomic mass is 10.1. The Morgan fingerprint density at radius 2 is 2.47 bits per heavy atom. The van der Waals surface area contributed by atoms with Crippen LogP contribution in [-0.2, 0) is 11.2 Å². The first-order chi connectivity index (χ1) is 7.20. The van der Waals surface area contributed by atoms with Crippen LogP contribution in [0.5, 0.6) is 0 Å². The molecule has 0 bridgehead atoms. The molecule has 0 aromatic heterocycles.